The highest BCUT2D eigenvalue weighted by Crippen LogP contribution is 2.45. The van der Waals surface area contributed by atoms with Crippen LogP contribution in [0.3, 0.4) is 0 Å². The molecule has 7 rings (SSSR count). The van der Waals surface area contributed by atoms with Gasteiger partial charge in [0.2, 0.25) is 0 Å². The lowest BCUT2D eigenvalue weighted by molar-refractivity contribution is -0.161. The van der Waals surface area contributed by atoms with E-state index in [9.17, 15) is 27.6 Å². The Balaban J connectivity index is 1.42. The molecule has 5 heterocycles. The Labute approximate surface area is 282 Å². The number of esters is 1. The fraction of sp³-hybridized carbons (Fsp3) is 0.545. The molecule has 0 N–H and O–H groups in total. The first-order valence-corrected chi connectivity index (χ1v) is 17.0. The van der Waals surface area contributed by atoms with Crippen LogP contribution in [-0.2, 0) is 31.1 Å². The smallest absolute Gasteiger partial charge is 0.387 e. The van der Waals surface area contributed by atoms with Crippen LogP contribution in [0.5, 0.6) is 5.75 Å². The molecule has 3 aromatic heterocycles. The number of rotatable bonds is 10. The molecule has 262 valence electrons. The minimum atomic E-state index is -3.22. The summed E-state index contributed by atoms with van der Waals surface area (Å²) >= 11 is 1.08. The molecule has 1 saturated carbocycles. The highest BCUT2D eigenvalue weighted by molar-refractivity contribution is 7.21. The van der Waals surface area contributed by atoms with Gasteiger partial charge in [-0.15, -0.1) is 4.80 Å². The van der Waals surface area contributed by atoms with E-state index in [4.69, 9.17) is 18.9 Å². The summed E-state index contributed by atoms with van der Waals surface area (Å²) in [5.41, 5.74) is -3.51. The Morgan fingerprint density at radius 3 is 2.41 bits per heavy atom. The van der Waals surface area contributed by atoms with E-state index in [1.807, 2.05) is 0 Å². The van der Waals surface area contributed by atoms with Crippen molar-refractivity contribution in [3.05, 3.63) is 68.4 Å². The summed E-state index contributed by atoms with van der Waals surface area (Å²) in [6.45, 7) is 3.23. The lowest BCUT2D eigenvalue weighted by Gasteiger charge is -2.32. The van der Waals surface area contributed by atoms with Gasteiger partial charge >= 0.3 is 18.3 Å². The summed E-state index contributed by atoms with van der Waals surface area (Å²) in [5, 5.41) is 9.03. The van der Waals surface area contributed by atoms with Gasteiger partial charge in [-0.2, -0.15) is 19.0 Å². The number of aromatic nitrogens is 5. The van der Waals surface area contributed by atoms with Gasteiger partial charge in [0.1, 0.15) is 33.1 Å². The second kappa shape index (κ2) is 12.4. The molecule has 2 saturated heterocycles. The number of nitrogens with zero attached hydrogens (tertiary/aromatic N) is 5. The molecule has 12 nitrogen and oxygen atoms in total. The number of fused-ring (bicyclic) bond motifs is 3. The van der Waals surface area contributed by atoms with Gasteiger partial charge in [-0.3, -0.25) is 9.36 Å². The van der Waals surface area contributed by atoms with Crippen molar-refractivity contribution in [1.29, 1.82) is 0 Å². The summed E-state index contributed by atoms with van der Waals surface area (Å²) < 4.78 is 67.4. The number of hydrogen-bond donors (Lipinski definition) is 0. The summed E-state index contributed by atoms with van der Waals surface area (Å²) in [6.07, 6.45) is 4.39. The van der Waals surface area contributed by atoms with E-state index in [0.717, 1.165) is 46.9 Å². The number of benzene rings is 1. The molecule has 16 heteroatoms. The van der Waals surface area contributed by atoms with E-state index in [1.165, 1.54) is 21.8 Å². The zero-order valence-corrected chi connectivity index (χ0v) is 28.2. The fourth-order valence-corrected chi connectivity index (χ4v) is 8.12. The van der Waals surface area contributed by atoms with Crippen molar-refractivity contribution in [1.82, 2.24) is 24.1 Å². The van der Waals surface area contributed by atoms with E-state index in [2.05, 4.69) is 10.2 Å². The van der Waals surface area contributed by atoms with Crippen LogP contribution in [-0.4, -0.2) is 60.6 Å². The van der Waals surface area contributed by atoms with Gasteiger partial charge in [0, 0.05) is 11.1 Å². The van der Waals surface area contributed by atoms with Crippen LogP contribution in [0.2, 0.25) is 0 Å². The average Bonchev–Trinajstić information content (AvgIpc) is 3.30. The Morgan fingerprint density at radius 1 is 1.12 bits per heavy atom. The third-order valence-corrected chi connectivity index (χ3v) is 10.5. The highest BCUT2D eigenvalue weighted by Gasteiger charge is 2.56. The van der Waals surface area contributed by atoms with Gasteiger partial charge in [-0.25, -0.2) is 18.5 Å². The molecule has 1 aliphatic carbocycles. The average molecular weight is 704 g/mol. The number of alkyl halides is 2. The van der Waals surface area contributed by atoms with E-state index in [0.29, 0.717) is 23.4 Å². The molecule has 3 aliphatic rings. The van der Waals surface area contributed by atoms with E-state index >= 15 is 0 Å². The van der Waals surface area contributed by atoms with Crippen LogP contribution in [0.15, 0.2) is 40.2 Å². The first-order valence-electron chi connectivity index (χ1n) is 16.2. The van der Waals surface area contributed by atoms with Crippen molar-refractivity contribution in [2.24, 2.45) is 0 Å². The third kappa shape index (κ3) is 6.29. The van der Waals surface area contributed by atoms with Crippen molar-refractivity contribution in [3.63, 3.8) is 0 Å². The SMILES string of the molecule is Cc1c(-n2nccn2)sc2c1c(=O)n(C1(C(=O)OC(C)(C)C)CC1)c(=O)n2C[C@H](OC1C[C@H]2CC[C@@H](C1)O2)c1cc(F)ccc1OC(F)F. The van der Waals surface area contributed by atoms with E-state index < -0.39 is 53.0 Å². The zero-order chi connectivity index (χ0) is 34.8. The second-order valence-electron chi connectivity index (χ2n) is 13.8. The molecule has 49 heavy (non-hydrogen) atoms. The minimum Gasteiger partial charge on any atom is -0.458 e. The minimum absolute atomic E-state index is 0.0348. The molecule has 2 bridgehead atoms. The normalized spacial score (nSPS) is 22.1. The molecule has 3 fully saturated rings. The number of thiophene rings is 1. The standard InChI is InChI=1S/C33H36F3N5O7S/c1-17-25-26(42)40(33(9-10-33)29(43)48-32(2,3)4)31(44)39(28(25)49-27(17)41-37-11-12-38-41)16-24(46-21-14-19-6-7-20(15-21)45-19)22-13-18(34)5-8-23(22)47-30(35)36/h5,8,11-13,19-21,24,30H,6-7,9-10,14-16H2,1-4H3/t19-,20+,21?,24-/m0/s1. The van der Waals surface area contributed by atoms with Crippen molar-refractivity contribution >= 4 is 27.5 Å². The quantitative estimate of drug-likeness (QED) is 0.206. The van der Waals surface area contributed by atoms with Crippen molar-refractivity contribution in [3.8, 4) is 10.8 Å². The van der Waals surface area contributed by atoms with Gasteiger partial charge in [0.25, 0.3) is 5.56 Å². The van der Waals surface area contributed by atoms with Crippen molar-refractivity contribution < 1.29 is 36.9 Å². The van der Waals surface area contributed by atoms with Gasteiger partial charge < -0.3 is 18.9 Å². The van der Waals surface area contributed by atoms with Gasteiger partial charge in [0.15, 0.2) is 5.54 Å². The summed E-state index contributed by atoms with van der Waals surface area (Å²) in [5.74, 6) is -1.75. The Bertz CT molecular complexity index is 2000. The molecule has 0 spiro atoms. The van der Waals surface area contributed by atoms with Gasteiger partial charge in [-0.05, 0) is 84.4 Å². The lowest BCUT2D eigenvalue weighted by Crippen LogP contribution is -2.50. The number of halogens is 3. The molecule has 0 radical (unpaired) electrons. The predicted molar refractivity (Wildman–Crippen MR) is 171 cm³/mol. The molecule has 4 aromatic rings. The topological polar surface area (TPSA) is 129 Å². The summed E-state index contributed by atoms with van der Waals surface area (Å²) in [4.78, 5) is 44.2. The second-order valence-corrected chi connectivity index (χ2v) is 14.8. The maximum Gasteiger partial charge on any atom is 0.387 e. The number of carbonyl (C=O) groups excluding carboxylic acids is 1. The van der Waals surface area contributed by atoms with E-state index in [-0.39, 0.29) is 53.1 Å². The first-order chi connectivity index (χ1) is 23.2. The largest absolute Gasteiger partial charge is 0.458 e. The van der Waals surface area contributed by atoms with Crippen molar-refractivity contribution in [2.45, 2.75) is 115 Å². The molecule has 1 unspecified atom stereocenters. The number of hydrogen-bond acceptors (Lipinski definition) is 10. The maximum absolute atomic E-state index is 14.8. The van der Waals surface area contributed by atoms with Crippen LogP contribution >= 0.6 is 11.3 Å². The number of aryl methyl sites for hydroxylation is 1. The van der Waals surface area contributed by atoms with Crippen LogP contribution in [0.4, 0.5) is 13.2 Å². The van der Waals surface area contributed by atoms with Crippen molar-refractivity contribution in [2.75, 3.05) is 0 Å². The Morgan fingerprint density at radius 2 is 1.80 bits per heavy atom. The maximum atomic E-state index is 14.8. The fourth-order valence-electron chi connectivity index (χ4n) is 6.90. The van der Waals surface area contributed by atoms with Crippen LogP contribution in [0.1, 0.15) is 76.5 Å². The van der Waals surface area contributed by atoms with Crippen LogP contribution in [0, 0.1) is 12.7 Å². The first kappa shape index (κ1) is 33.5. The molecule has 2 aliphatic heterocycles. The highest BCUT2D eigenvalue weighted by atomic mass is 32.1. The van der Waals surface area contributed by atoms with Gasteiger partial charge in [0.05, 0.1) is 42.6 Å². The molecular weight excluding hydrogens is 667 g/mol. The Hall–Kier alpha value is -4.02. The zero-order valence-electron chi connectivity index (χ0n) is 27.4. The van der Waals surface area contributed by atoms with Crippen LogP contribution in [0.25, 0.3) is 15.2 Å². The number of ether oxygens (including phenoxy) is 4. The number of carbonyl (C=O) groups is 1. The monoisotopic (exact) mass is 703 g/mol. The molecule has 0 amide bonds. The Kier molecular flexibility index (Phi) is 8.46. The summed E-state index contributed by atoms with van der Waals surface area (Å²) in [6, 6.07) is 3.15. The lowest BCUT2D eigenvalue weighted by atomic mass is 10.0. The molecular formula is C33H36F3N5O7S. The van der Waals surface area contributed by atoms with E-state index in [1.54, 1.807) is 27.7 Å². The molecule has 1 aromatic carbocycles. The predicted octanol–water partition coefficient (Wildman–Crippen LogP) is 5.15. The van der Waals surface area contributed by atoms with Crippen LogP contribution < -0.4 is 16.0 Å². The van der Waals surface area contributed by atoms with Gasteiger partial charge in [-0.1, -0.05) is 11.3 Å². The molecule has 4 atom stereocenters. The summed E-state index contributed by atoms with van der Waals surface area (Å²) in [7, 11) is 0. The third-order valence-electron chi connectivity index (χ3n) is 9.21.